The van der Waals surface area contributed by atoms with Crippen molar-refractivity contribution in [2.75, 3.05) is 34.4 Å². The Kier molecular flexibility index (Phi) is 7.73. The van der Waals surface area contributed by atoms with Gasteiger partial charge in [0, 0.05) is 37.9 Å². The van der Waals surface area contributed by atoms with Gasteiger partial charge in [0.25, 0.3) is 0 Å². The molecule has 17 heavy (non-hydrogen) atoms. The maximum absolute atomic E-state index is 5.89. The van der Waals surface area contributed by atoms with Crippen LogP contribution in [0, 0.1) is 0 Å². The van der Waals surface area contributed by atoms with E-state index >= 15 is 0 Å². The van der Waals surface area contributed by atoms with Gasteiger partial charge in [-0.25, -0.2) is 0 Å². The van der Waals surface area contributed by atoms with Crippen molar-refractivity contribution >= 4 is 24.5 Å². The SMILES string of the molecule is CN=C(N(C)CCC[SiH3])N(C)CO[Si](C)(C)C. The minimum absolute atomic E-state index is 0.633. The molecule has 0 N–H and O–H groups in total. The summed E-state index contributed by atoms with van der Waals surface area (Å²) in [5, 5.41) is 0. The predicted molar refractivity (Wildman–Crippen MR) is 82.4 cm³/mol. The quantitative estimate of drug-likeness (QED) is 0.311. The molecule has 0 heterocycles. The summed E-state index contributed by atoms with van der Waals surface area (Å²) in [6.45, 7) is 8.32. The summed E-state index contributed by atoms with van der Waals surface area (Å²) in [5.41, 5.74) is 0. The summed E-state index contributed by atoms with van der Waals surface area (Å²) in [6, 6.07) is 1.34. The van der Waals surface area contributed by atoms with Crippen LogP contribution in [0.5, 0.6) is 0 Å². The molecule has 0 aliphatic rings. The summed E-state index contributed by atoms with van der Waals surface area (Å²) in [6.07, 6.45) is 1.25. The fraction of sp³-hybridized carbons (Fsp3) is 0.909. The molecule has 0 spiro atoms. The van der Waals surface area contributed by atoms with Crippen LogP contribution in [0.4, 0.5) is 0 Å². The molecule has 6 heteroatoms. The molecule has 0 aromatic rings. The molecule has 102 valence electrons. The highest BCUT2D eigenvalue weighted by molar-refractivity contribution is 6.69. The highest BCUT2D eigenvalue weighted by atomic mass is 28.4. The van der Waals surface area contributed by atoms with Crippen molar-refractivity contribution in [1.82, 2.24) is 9.80 Å². The first-order chi connectivity index (χ1) is 7.81. The van der Waals surface area contributed by atoms with Crippen LogP contribution in [0.1, 0.15) is 6.42 Å². The smallest absolute Gasteiger partial charge is 0.197 e. The molecule has 0 atom stereocenters. The van der Waals surface area contributed by atoms with Crippen molar-refractivity contribution in [1.29, 1.82) is 0 Å². The largest absolute Gasteiger partial charge is 0.400 e. The van der Waals surface area contributed by atoms with Gasteiger partial charge in [-0.3, -0.25) is 4.99 Å². The summed E-state index contributed by atoms with van der Waals surface area (Å²) >= 11 is 0. The van der Waals surface area contributed by atoms with Gasteiger partial charge in [-0.15, -0.1) is 0 Å². The van der Waals surface area contributed by atoms with E-state index in [0.29, 0.717) is 6.73 Å². The van der Waals surface area contributed by atoms with Gasteiger partial charge < -0.3 is 14.2 Å². The second-order valence-corrected chi connectivity index (χ2v) is 10.9. The van der Waals surface area contributed by atoms with Gasteiger partial charge in [-0.05, 0) is 26.1 Å². The van der Waals surface area contributed by atoms with Crippen LogP contribution >= 0.6 is 0 Å². The van der Waals surface area contributed by atoms with Crippen LogP contribution < -0.4 is 0 Å². The van der Waals surface area contributed by atoms with Crippen LogP contribution in [-0.4, -0.2) is 68.7 Å². The zero-order chi connectivity index (χ0) is 13.5. The Balaban J connectivity index is 4.26. The van der Waals surface area contributed by atoms with E-state index in [-0.39, 0.29) is 0 Å². The number of hydrogen-bond donors (Lipinski definition) is 0. The Morgan fingerprint density at radius 3 is 2.24 bits per heavy atom. The Labute approximate surface area is 111 Å². The number of hydrogen-bond acceptors (Lipinski definition) is 2. The third-order valence-electron chi connectivity index (χ3n) is 2.42. The van der Waals surface area contributed by atoms with Crippen LogP contribution in [0.15, 0.2) is 4.99 Å². The second-order valence-electron chi connectivity index (χ2n) is 5.38. The number of nitrogens with zero attached hydrogens (tertiary/aromatic N) is 3. The van der Waals surface area contributed by atoms with Crippen LogP contribution in [0.3, 0.4) is 0 Å². The zero-order valence-corrected chi connectivity index (χ0v) is 15.6. The summed E-state index contributed by atoms with van der Waals surface area (Å²) in [5.74, 6) is 1.01. The van der Waals surface area contributed by atoms with E-state index in [2.05, 4.69) is 41.5 Å². The standard InChI is InChI=1S/C11H29N3OSi2/c1-12-11(13(2)8-7-9-16)14(3)10-15-17(4,5)6/h7-10H2,1-6,16H3. The highest BCUT2D eigenvalue weighted by Gasteiger charge is 2.17. The van der Waals surface area contributed by atoms with Crippen LogP contribution in [-0.2, 0) is 4.43 Å². The number of aliphatic imine (C=N–C) groups is 1. The van der Waals surface area contributed by atoms with Crippen molar-refractivity contribution in [2.24, 2.45) is 4.99 Å². The lowest BCUT2D eigenvalue weighted by Crippen LogP contribution is -2.43. The molecular formula is C11H29N3OSi2. The van der Waals surface area contributed by atoms with Gasteiger partial charge in [0.15, 0.2) is 14.3 Å². The lowest BCUT2D eigenvalue weighted by molar-refractivity contribution is 0.193. The molecule has 0 bridgehead atoms. The molecule has 0 radical (unpaired) electrons. The fourth-order valence-corrected chi connectivity index (χ4v) is 2.37. The molecule has 0 unspecified atom stereocenters. The third kappa shape index (κ3) is 7.56. The molecule has 0 aliphatic heterocycles. The topological polar surface area (TPSA) is 28.1 Å². The van der Waals surface area contributed by atoms with Crippen molar-refractivity contribution in [3.05, 3.63) is 0 Å². The van der Waals surface area contributed by atoms with Crippen molar-refractivity contribution < 1.29 is 4.43 Å². The fourth-order valence-electron chi connectivity index (χ4n) is 1.48. The third-order valence-corrected chi connectivity index (χ3v) is 4.12. The van der Waals surface area contributed by atoms with Crippen molar-refractivity contribution in [3.63, 3.8) is 0 Å². The molecule has 4 nitrogen and oxygen atoms in total. The van der Waals surface area contributed by atoms with E-state index in [1.807, 2.05) is 14.1 Å². The average molecular weight is 276 g/mol. The Morgan fingerprint density at radius 1 is 1.24 bits per heavy atom. The van der Waals surface area contributed by atoms with E-state index in [1.54, 1.807) is 0 Å². The van der Waals surface area contributed by atoms with Gasteiger partial charge in [0.1, 0.15) is 6.73 Å². The molecule has 0 fully saturated rings. The van der Waals surface area contributed by atoms with Gasteiger partial charge in [0.05, 0.1) is 0 Å². The van der Waals surface area contributed by atoms with Crippen LogP contribution in [0.2, 0.25) is 25.7 Å². The van der Waals surface area contributed by atoms with Gasteiger partial charge in [-0.1, -0.05) is 6.04 Å². The molecule has 0 amide bonds. The maximum Gasteiger partial charge on any atom is 0.197 e. The van der Waals surface area contributed by atoms with Crippen molar-refractivity contribution in [3.8, 4) is 0 Å². The van der Waals surface area contributed by atoms with Gasteiger partial charge in [0.2, 0.25) is 0 Å². The Hall–Kier alpha value is -0.336. The molecular weight excluding hydrogens is 246 g/mol. The van der Waals surface area contributed by atoms with E-state index in [9.17, 15) is 0 Å². The molecule has 0 saturated carbocycles. The monoisotopic (exact) mass is 275 g/mol. The lowest BCUT2D eigenvalue weighted by Gasteiger charge is -2.31. The first kappa shape index (κ1) is 16.7. The number of guanidine groups is 1. The molecule has 0 aliphatic carbocycles. The van der Waals surface area contributed by atoms with E-state index in [4.69, 9.17) is 4.43 Å². The summed E-state index contributed by atoms with van der Waals surface area (Å²) in [7, 11) is 5.82. The molecule has 0 aromatic heterocycles. The van der Waals surface area contributed by atoms with Crippen LogP contribution in [0.25, 0.3) is 0 Å². The van der Waals surface area contributed by atoms with Crippen molar-refractivity contribution in [2.45, 2.75) is 32.1 Å². The molecule has 0 aromatic carbocycles. The lowest BCUT2D eigenvalue weighted by atomic mass is 10.4. The average Bonchev–Trinajstić information content (AvgIpc) is 2.23. The first-order valence-electron chi connectivity index (χ1n) is 6.34. The predicted octanol–water partition coefficient (Wildman–Crippen LogP) is 0.819. The second kappa shape index (κ2) is 7.89. The summed E-state index contributed by atoms with van der Waals surface area (Å²) in [4.78, 5) is 8.66. The number of rotatable bonds is 6. The summed E-state index contributed by atoms with van der Waals surface area (Å²) < 4.78 is 5.89. The Morgan fingerprint density at radius 2 is 1.82 bits per heavy atom. The maximum atomic E-state index is 5.89. The van der Waals surface area contributed by atoms with Gasteiger partial charge in [-0.2, -0.15) is 0 Å². The minimum atomic E-state index is -1.45. The molecule has 0 rings (SSSR count). The first-order valence-corrected chi connectivity index (χ1v) is 11.2. The Bertz CT molecular complexity index is 241. The minimum Gasteiger partial charge on any atom is -0.400 e. The van der Waals surface area contributed by atoms with E-state index in [0.717, 1.165) is 12.5 Å². The van der Waals surface area contributed by atoms with E-state index < -0.39 is 8.32 Å². The normalized spacial score (nSPS) is 12.9. The van der Waals surface area contributed by atoms with E-state index in [1.165, 1.54) is 22.7 Å². The highest BCUT2D eigenvalue weighted by Crippen LogP contribution is 2.05. The molecule has 0 saturated heterocycles. The van der Waals surface area contributed by atoms with Gasteiger partial charge >= 0.3 is 0 Å². The zero-order valence-electron chi connectivity index (χ0n) is 12.6.